The second-order valence-electron chi connectivity index (χ2n) is 16.5. The molecule has 13 rings (SSSR count). The van der Waals surface area contributed by atoms with Crippen LogP contribution in [0.25, 0.3) is 98.6 Å². The maximum Gasteiger partial charge on any atom is 0.160 e. The summed E-state index contributed by atoms with van der Waals surface area (Å²) < 4.78 is 15.5. The molecule has 0 amide bonds. The number of nitrogens with zero attached hydrogens (tertiary/aromatic N) is 3. The molecule has 5 nitrogen and oxygen atoms in total. The van der Waals surface area contributed by atoms with Crippen LogP contribution in [-0.2, 0) is 0 Å². The van der Waals surface area contributed by atoms with Gasteiger partial charge in [0, 0.05) is 54.9 Å². The smallest absolute Gasteiger partial charge is 0.160 e. The van der Waals surface area contributed by atoms with E-state index in [-0.39, 0.29) is 5.92 Å². The Hall–Kier alpha value is -8.02. The van der Waals surface area contributed by atoms with Crippen LogP contribution in [0.4, 0.5) is 0 Å². The van der Waals surface area contributed by atoms with Crippen LogP contribution in [0, 0.1) is 5.92 Å². The Balaban J connectivity index is 1.12. The molecule has 0 spiro atoms. The van der Waals surface area contributed by atoms with E-state index in [4.69, 9.17) is 18.8 Å². The lowest BCUT2D eigenvalue weighted by Gasteiger charge is -2.21. The summed E-state index contributed by atoms with van der Waals surface area (Å²) in [6.07, 6.45) is 3.04. The Kier molecular flexibility index (Phi) is 7.58. The average Bonchev–Trinajstić information content (AvgIpc) is 3.98. The highest BCUT2D eigenvalue weighted by atomic mass is 16.3. The van der Waals surface area contributed by atoms with Gasteiger partial charge in [-0.25, -0.2) is 9.98 Å². The van der Waals surface area contributed by atoms with Crippen molar-refractivity contribution in [1.82, 2.24) is 4.57 Å². The summed E-state index contributed by atoms with van der Waals surface area (Å²) in [6, 6.07) is 64.4. The van der Waals surface area contributed by atoms with Gasteiger partial charge in [0.25, 0.3) is 0 Å². The molecule has 1 aliphatic rings. The molecule has 62 heavy (non-hydrogen) atoms. The normalized spacial score (nSPS) is 17.4. The van der Waals surface area contributed by atoms with Gasteiger partial charge in [-0.1, -0.05) is 140 Å². The number of furan rings is 2. The van der Waals surface area contributed by atoms with Gasteiger partial charge in [-0.3, -0.25) is 0 Å². The van der Waals surface area contributed by atoms with Crippen LogP contribution in [0.1, 0.15) is 30.0 Å². The van der Waals surface area contributed by atoms with Gasteiger partial charge >= 0.3 is 0 Å². The Morgan fingerprint density at radius 2 is 1.15 bits per heavy atom. The molecule has 0 saturated heterocycles. The Morgan fingerprint density at radius 3 is 2.00 bits per heavy atom. The maximum absolute atomic E-state index is 6.65. The standard InChI is InChI=1S/C57H37N3O2/c1-34-25-28-46(58-57(43-21-12-16-35-13-4-5-17-39(35)43)59-56(34)38-26-27-42-41-19-7-10-23-50(41)62-53(42)33-38)55-48(29-30-52-54(55)44-20-8-11-24-51(44)61-52)60-47-22-9-6-18-40(47)45-31-36-14-2-3-15-37(36)32-49(45)60/h2-24,26-34H,25H2,1H3/b46-28+,58-57-,59-56+. The van der Waals surface area contributed by atoms with Gasteiger partial charge in [-0.2, -0.15) is 0 Å². The van der Waals surface area contributed by atoms with Gasteiger partial charge in [0.2, 0.25) is 0 Å². The number of aromatic nitrogens is 1. The largest absolute Gasteiger partial charge is 0.456 e. The van der Waals surface area contributed by atoms with Gasteiger partial charge in [0.05, 0.1) is 28.1 Å². The van der Waals surface area contributed by atoms with E-state index in [1.165, 1.54) is 21.5 Å². The van der Waals surface area contributed by atoms with Gasteiger partial charge < -0.3 is 13.4 Å². The third kappa shape index (κ3) is 5.28. The highest BCUT2D eigenvalue weighted by Gasteiger charge is 2.26. The third-order valence-electron chi connectivity index (χ3n) is 12.8. The number of hydrogen-bond donors (Lipinski definition) is 0. The zero-order valence-electron chi connectivity index (χ0n) is 33.8. The number of rotatable bonds is 4. The second-order valence-corrected chi connectivity index (χ2v) is 16.5. The summed E-state index contributed by atoms with van der Waals surface area (Å²) in [6.45, 7) is 2.27. The van der Waals surface area contributed by atoms with Crippen molar-refractivity contribution in [1.29, 1.82) is 0 Å². The number of hydrogen-bond acceptors (Lipinski definition) is 4. The van der Waals surface area contributed by atoms with Crippen LogP contribution in [0.5, 0.6) is 0 Å². The van der Waals surface area contributed by atoms with E-state index < -0.39 is 0 Å². The summed E-state index contributed by atoms with van der Waals surface area (Å²) in [5.74, 6) is 0.693. The summed E-state index contributed by atoms with van der Waals surface area (Å²) >= 11 is 0. The topological polar surface area (TPSA) is 55.9 Å². The first kappa shape index (κ1) is 34.8. The molecule has 5 heteroatoms. The van der Waals surface area contributed by atoms with Gasteiger partial charge in [-0.05, 0) is 82.6 Å². The lowest BCUT2D eigenvalue weighted by molar-refractivity contribution is 0.668. The molecule has 0 aliphatic carbocycles. The van der Waals surface area contributed by atoms with Crippen molar-refractivity contribution in [3.05, 3.63) is 205 Å². The van der Waals surface area contributed by atoms with Gasteiger partial charge in [-0.15, -0.1) is 0 Å². The van der Waals surface area contributed by atoms with Crippen molar-refractivity contribution in [3.63, 3.8) is 0 Å². The van der Waals surface area contributed by atoms with Crippen LogP contribution in [-0.4, -0.2) is 16.1 Å². The average molecular weight is 796 g/mol. The molecule has 4 heterocycles. The van der Waals surface area contributed by atoms with E-state index in [0.29, 0.717) is 12.3 Å². The molecule has 0 bridgehead atoms. The number of para-hydroxylation sites is 3. The van der Waals surface area contributed by atoms with Crippen molar-refractivity contribution >= 4 is 104 Å². The van der Waals surface area contributed by atoms with Crippen LogP contribution in [0.2, 0.25) is 0 Å². The fourth-order valence-electron chi connectivity index (χ4n) is 9.91. The highest BCUT2D eigenvalue weighted by Crippen LogP contribution is 2.43. The predicted octanol–water partition coefficient (Wildman–Crippen LogP) is 15.2. The van der Waals surface area contributed by atoms with Crippen LogP contribution >= 0.6 is 0 Å². The third-order valence-corrected chi connectivity index (χ3v) is 12.8. The monoisotopic (exact) mass is 795 g/mol. The van der Waals surface area contributed by atoms with Crippen molar-refractivity contribution in [2.45, 2.75) is 13.3 Å². The molecule has 3 aromatic heterocycles. The molecule has 12 aromatic rings. The molecule has 0 radical (unpaired) electrons. The van der Waals surface area contributed by atoms with Crippen LogP contribution < -0.4 is 0 Å². The van der Waals surface area contributed by atoms with Gasteiger partial charge in [0.1, 0.15) is 22.3 Å². The van der Waals surface area contributed by atoms with E-state index in [1.807, 2.05) is 18.2 Å². The SMILES string of the molecule is CC1C/C=C(c2c(-n3c4ccccc4c4cc5ccccc5cc43)ccc3oc4ccccc4c23)/N=C(c2cccc3ccccc23)\N=C/1c1ccc2c(c1)oc1ccccc12. The quantitative estimate of drug-likeness (QED) is 0.178. The second kappa shape index (κ2) is 13.5. The van der Waals surface area contributed by atoms with E-state index in [0.717, 1.165) is 99.5 Å². The van der Waals surface area contributed by atoms with Gasteiger partial charge in [0.15, 0.2) is 5.84 Å². The van der Waals surface area contributed by atoms with Crippen LogP contribution in [0.3, 0.4) is 0 Å². The lowest BCUT2D eigenvalue weighted by Crippen LogP contribution is -2.17. The fraction of sp³-hybridized carbons (Fsp3) is 0.0526. The first-order valence-corrected chi connectivity index (χ1v) is 21.3. The van der Waals surface area contributed by atoms with E-state index >= 15 is 0 Å². The lowest BCUT2D eigenvalue weighted by atomic mass is 9.92. The Morgan fingerprint density at radius 1 is 0.484 bits per heavy atom. The maximum atomic E-state index is 6.65. The minimum atomic E-state index is 0.0376. The number of aliphatic imine (C=N–C) groups is 2. The number of allylic oxidation sites excluding steroid dienone is 1. The van der Waals surface area contributed by atoms with E-state index in [2.05, 4.69) is 181 Å². The summed E-state index contributed by atoms with van der Waals surface area (Å²) in [5, 5.41) is 11.3. The fourth-order valence-corrected chi connectivity index (χ4v) is 9.91. The molecule has 0 fully saturated rings. The van der Waals surface area contributed by atoms with E-state index in [1.54, 1.807) is 0 Å². The molecular weight excluding hydrogens is 759 g/mol. The minimum absolute atomic E-state index is 0.0376. The molecule has 292 valence electrons. The van der Waals surface area contributed by atoms with Crippen molar-refractivity contribution < 1.29 is 8.83 Å². The summed E-state index contributed by atoms with van der Waals surface area (Å²) in [5.41, 5.74) is 11.5. The molecule has 0 N–H and O–H groups in total. The molecule has 1 aliphatic heterocycles. The number of fused-ring (bicyclic) bond motifs is 11. The highest BCUT2D eigenvalue weighted by molar-refractivity contribution is 6.21. The molecule has 1 unspecified atom stereocenters. The van der Waals surface area contributed by atoms with Crippen molar-refractivity contribution in [3.8, 4) is 5.69 Å². The Labute approximate surface area is 356 Å². The summed E-state index contributed by atoms with van der Waals surface area (Å²) in [4.78, 5) is 11.4. The first-order chi connectivity index (χ1) is 30.6. The summed E-state index contributed by atoms with van der Waals surface area (Å²) in [7, 11) is 0. The Bertz CT molecular complexity index is 3920. The molecule has 9 aromatic carbocycles. The van der Waals surface area contributed by atoms with E-state index in [9.17, 15) is 0 Å². The zero-order chi connectivity index (χ0) is 40.9. The molecule has 1 atom stereocenters. The zero-order valence-corrected chi connectivity index (χ0v) is 33.8. The predicted molar refractivity (Wildman–Crippen MR) is 258 cm³/mol. The number of benzene rings is 9. The number of amidine groups is 1. The minimum Gasteiger partial charge on any atom is -0.456 e. The molecule has 0 saturated carbocycles. The molecular formula is C57H37N3O2. The first-order valence-electron chi connectivity index (χ1n) is 21.3. The van der Waals surface area contributed by atoms with Crippen molar-refractivity contribution in [2.75, 3.05) is 0 Å². The van der Waals surface area contributed by atoms with Crippen LogP contribution in [0.15, 0.2) is 207 Å². The van der Waals surface area contributed by atoms with Crippen molar-refractivity contribution in [2.24, 2.45) is 15.9 Å².